The molecule has 160 valence electrons. The van der Waals surface area contributed by atoms with Gasteiger partial charge >= 0.3 is 6.18 Å². The Morgan fingerprint density at radius 1 is 1.04 bits per heavy atom. The van der Waals surface area contributed by atoms with E-state index in [-0.39, 0.29) is 42.9 Å². The van der Waals surface area contributed by atoms with Gasteiger partial charge in [0.05, 0.1) is 5.92 Å². The summed E-state index contributed by atoms with van der Waals surface area (Å²) in [4.78, 5) is 6.72. The van der Waals surface area contributed by atoms with Crippen molar-refractivity contribution in [2.75, 3.05) is 33.2 Å². The summed E-state index contributed by atoms with van der Waals surface area (Å²) in [7, 11) is 1.68. The maximum Gasteiger partial charge on any atom is 0.391 e. The number of unbranched alkanes of at least 4 members (excludes halogenated alkanes) is 2. The van der Waals surface area contributed by atoms with Gasteiger partial charge in [-0.2, -0.15) is 13.2 Å². The first-order chi connectivity index (χ1) is 12.5. The van der Waals surface area contributed by atoms with Gasteiger partial charge in [0.25, 0.3) is 0 Å². The Kier molecular flexibility index (Phi) is 12.0. The molecule has 2 unspecified atom stereocenters. The zero-order valence-electron chi connectivity index (χ0n) is 16.5. The molecule has 0 radical (unpaired) electrons. The molecule has 2 atom stereocenters. The van der Waals surface area contributed by atoms with E-state index in [0.29, 0.717) is 12.4 Å². The summed E-state index contributed by atoms with van der Waals surface area (Å²) in [6.45, 7) is 4.49. The lowest BCUT2D eigenvalue weighted by Gasteiger charge is -2.31. The molecule has 1 aliphatic carbocycles. The number of hydrogen-bond acceptors (Lipinski definition) is 2. The molecule has 1 heterocycles. The van der Waals surface area contributed by atoms with Gasteiger partial charge in [0.15, 0.2) is 5.96 Å². The van der Waals surface area contributed by atoms with Crippen LogP contribution in [0.4, 0.5) is 13.2 Å². The molecule has 0 aromatic carbocycles. The third kappa shape index (κ3) is 9.67. The van der Waals surface area contributed by atoms with E-state index in [4.69, 9.17) is 0 Å². The fraction of sp³-hybridized carbons (Fsp3) is 0.947. The van der Waals surface area contributed by atoms with Crippen molar-refractivity contribution < 1.29 is 13.2 Å². The average Bonchev–Trinajstić information content (AvgIpc) is 2.64. The minimum absolute atomic E-state index is 0. The van der Waals surface area contributed by atoms with Gasteiger partial charge < -0.3 is 15.5 Å². The zero-order valence-corrected chi connectivity index (χ0v) is 18.8. The van der Waals surface area contributed by atoms with Gasteiger partial charge in [-0.3, -0.25) is 4.99 Å². The normalized spacial score (nSPS) is 25.0. The average molecular weight is 504 g/mol. The van der Waals surface area contributed by atoms with Crippen LogP contribution in [0.1, 0.15) is 64.2 Å². The number of rotatable bonds is 7. The van der Waals surface area contributed by atoms with Crippen molar-refractivity contribution in [2.45, 2.75) is 76.4 Å². The summed E-state index contributed by atoms with van der Waals surface area (Å²) < 4.78 is 38.7. The third-order valence-electron chi connectivity index (χ3n) is 5.59. The minimum Gasteiger partial charge on any atom is -0.356 e. The molecule has 0 aromatic rings. The van der Waals surface area contributed by atoms with Crippen molar-refractivity contribution in [1.29, 1.82) is 0 Å². The van der Waals surface area contributed by atoms with E-state index < -0.39 is 12.1 Å². The molecule has 0 bridgehead atoms. The molecule has 27 heavy (non-hydrogen) atoms. The summed E-state index contributed by atoms with van der Waals surface area (Å²) >= 11 is 0. The number of hydrogen-bond donors (Lipinski definition) is 2. The Labute approximate surface area is 179 Å². The Bertz CT molecular complexity index is 426. The first-order valence-electron chi connectivity index (χ1n) is 10.3. The van der Waals surface area contributed by atoms with Gasteiger partial charge in [-0.1, -0.05) is 19.3 Å². The fourth-order valence-corrected chi connectivity index (χ4v) is 4.03. The van der Waals surface area contributed by atoms with Crippen LogP contribution >= 0.6 is 24.0 Å². The van der Waals surface area contributed by atoms with E-state index in [1.165, 1.54) is 51.7 Å². The van der Waals surface area contributed by atoms with Crippen LogP contribution < -0.4 is 10.6 Å². The molecule has 1 saturated heterocycles. The molecule has 2 rings (SSSR count). The molecule has 2 fully saturated rings. The van der Waals surface area contributed by atoms with E-state index in [2.05, 4.69) is 20.5 Å². The van der Waals surface area contributed by atoms with Gasteiger partial charge in [-0.25, -0.2) is 0 Å². The minimum atomic E-state index is -4.08. The van der Waals surface area contributed by atoms with Crippen LogP contribution in [0.25, 0.3) is 0 Å². The third-order valence-corrected chi connectivity index (χ3v) is 5.59. The monoisotopic (exact) mass is 504 g/mol. The second-order valence-electron chi connectivity index (χ2n) is 7.71. The number of halogens is 4. The Balaban J connectivity index is 0.00000364. The second-order valence-corrected chi connectivity index (χ2v) is 7.71. The van der Waals surface area contributed by atoms with Crippen LogP contribution in [-0.2, 0) is 0 Å². The SMILES string of the molecule is CN=C(NCCCCCN1CCCCC1)NC1CCCC(C(F)(F)F)C1.I. The highest BCUT2D eigenvalue weighted by Crippen LogP contribution is 2.37. The highest BCUT2D eigenvalue weighted by Gasteiger charge is 2.42. The molecule has 8 heteroatoms. The van der Waals surface area contributed by atoms with Crippen molar-refractivity contribution in [2.24, 2.45) is 10.9 Å². The highest BCUT2D eigenvalue weighted by molar-refractivity contribution is 14.0. The van der Waals surface area contributed by atoms with Crippen LogP contribution in [-0.4, -0.2) is 56.3 Å². The molecule has 4 nitrogen and oxygen atoms in total. The molecule has 2 aliphatic rings. The fourth-order valence-electron chi connectivity index (χ4n) is 4.03. The van der Waals surface area contributed by atoms with E-state index in [0.717, 1.165) is 19.4 Å². The number of nitrogens with zero attached hydrogens (tertiary/aromatic N) is 2. The Morgan fingerprint density at radius 3 is 2.44 bits per heavy atom. The summed E-state index contributed by atoms with van der Waals surface area (Å²) in [6, 6.07) is -0.138. The highest BCUT2D eigenvalue weighted by atomic mass is 127. The lowest BCUT2D eigenvalue weighted by atomic mass is 9.85. The summed E-state index contributed by atoms with van der Waals surface area (Å²) in [5.74, 6) is -0.546. The van der Waals surface area contributed by atoms with Gasteiger partial charge in [-0.15, -0.1) is 24.0 Å². The smallest absolute Gasteiger partial charge is 0.356 e. The second kappa shape index (κ2) is 13.1. The molecule has 0 aromatic heterocycles. The van der Waals surface area contributed by atoms with Crippen molar-refractivity contribution in [3.63, 3.8) is 0 Å². The molecule has 0 spiro atoms. The van der Waals surface area contributed by atoms with Crippen LogP contribution in [0.3, 0.4) is 0 Å². The van der Waals surface area contributed by atoms with Gasteiger partial charge in [0, 0.05) is 19.6 Å². The predicted octanol–water partition coefficient (Wildman–Crippen LogP) is 4.55. The van der Waals surface area contributed by atoms with E-state index in [1.807, 2.05) is 0 Å². The number of nitrogens with one attached hydrogen (secondary N) is 2. The predicted molar refractivity (Wildman–Crippen MR) is 116 cm³/mol. The lowest BCUT2D eigenvalue weighted by molar-refractivity contribution is -0.183. The van der Waals surface area contributed by atoms with E-state index in [1.54, 1.807) is 7.05 Å². The van der Waals surface area contributed by atoms with Crippen LogP contribution in [0, 0.1) is 5.92 Å². The first-order valence-corrected chi connectivity index (χ1v) is 10.3. The molecule has 2 N–H and O–H groups in total. The topological polar surface area (TPSA) is 39.7 Å². The summed E-state index contributed by atoms with van der Waals surface area (Å²) in [5.41, 5.74) is 0. The standard InChI is InChI=1S/C19H35F3N4.HI/c1-23-18(25-17-10-8-9-16(15-17)19(20,21)22)24-11-4-2-5-12-26-13-6-3-7-14-26;/h16-17H,2-15H2,1H3,(H2,23,24,25);1H. The molecular formula is C19H36F3IN4. The maximum absolute atomic E-state index is 12.9. The molecule has 1 saturated carbocycles. The van der Waals surface area contributed by atoms with Crippen LogP contribution in [0.2, 0.25) is 0 Å². The maximum atomic E-state index is 12.9. The van der Waals surface area contributed by atoms with Crippen molar-refractivity contribution >= 4 is 29.9 Å². The summed E-state index contributed by atoms with van der Waals surface area (Å²) in [6.07, 6.45) is 5.21. The number of alkyl halides is 3. The number of likely N-dealkylation sites (tertiary alicyclic amines) is 1. The quantitative estimate of drug-likeness (QED) is 0.232. The van der Waals surface area contributed by atoms with Gasteiger partial charge in [0.1, 0.15) is 0 Å². The first kappa shape index (κ1) is 24.8. The zero-order chi connectivity index (χ0) is 18.8. The van der Waals surface area contributed by atoms with E-state index >= 15 is 0 Å². The molecule has 0 amide bonds. The summed E-state index contributed by atoms with van der Waals surface area (Å²) in [5, 5.41) is 6.43. The van der Waals surface area contributed by atoms with Crippen molar-refractivity contribution in [3.05, 3.63) is 0 Å². The van der Waals surface area contributed by atoms with Crippen LogP contribution in [0.15, 0.2) is 4.99 Å². The van der Waals surface area contributed by atoms with Gasteiger partial charge in [-0.05, 0) is 64.6 Å². The molecular weight excluding hydrogens is 468 g/mol. The van der Waals surface area contributed by atoms with Gasteiger partial charge in [0.2, 0.25) is 0 Å². The Morgan fingerprint density at radius 2 is 1.78 bits per heavy atom. The van der Waals surface area contributed by atoms with Crippen molar-refractivity contribution in [3.8, 4) is 0 Å². The van der Waals surface area contributed by atoms with Crippen molar-refractivity contribution in [1.82, 2.24) is 15.5 Å². The number of piperidine rings is 1. The number of aliphatic imine (C=N–C) groups is 1. The number of guanidine groups is 1. The largest absolute Gasteiger partial charge is 0.391 e. The Hall–Kier alpha value is -0.250. The lowest BCUT2D eigenvalue weighted by Crippen LogP contribution is -2.47. The van der Waals surface area contributed by atoms with Crippen LogP contribution in [0.5, 0.6) is 0 Å². The van der Waals surface area contributed by atoms with E-state index in [9.17, 15) is 13.2 Å². The molecule has 1 aliphatic heterocycles.